The molecule has 1 aromatic rings. The number of nitrogens with zero attached hydrogens (tertiary/aromatic N) is 1. The van der Waals surface area contributed by atoms with E-state index < -0.39 is 19.8 Å². The zero-order valence-corrected chi connectivity index (χ0v) is 9.50. The van der Waals surface area contributed by atoms with Gasteiger partial charge in [-0.3, -0.25) is 0 Å². The van der Waals surface area contributed by atoms with Gasteiger partial charge >= 0.3 is 0 Å². The zero-order valence-electron chi connectivity index (χ0n) is 7.17. The van der Waals surface area contributed by atoms with Crippen LogP contribution >= 0.6 is 22.3 Å². The second kappa shape index (κ2) is 4.35. The van der Waals surface area contributed by atoms with Gasteiger partial charge in [0.2, 0.25) is 0 Å². The number of alkyl halides is 1. The van der Waals surface area contributed by atoms with Gasteiger partial charge in [0, 0.05) is 16.2 Å². The highest BCUT2D eigenvalue weighted by molar-refractivity contribution is 8.13. The lowest BCUT2D eigenvalue weighted by atomic mass is 10.1. The summed E-state index contributed by atoms with van der Waals surface area (Å²) in [5.41, 5.74) is -0.174. The van der Waals surface area contributed by atoms with Crippen LogP contribution in [0.5, 0.6) is 0 Å². The highest BCUT2D eigenvalue weighted by atomic mass is 35.7. The summed E-state index contributed by atoms with van der Waals surface area (Å²) in [4.78, 5) is -0.452. The van der Waals surface area contributed by atoms with E-state index in [1.54, 1.807) is 6.07 Å². The SMILES string of the molecule is N#Cc1cc(S(=O)(=O)Cl)cc(F)c1CCl. The van der Waals surface area contributed by atoms with Crippen LogP contribution in [0.1, 0.15) is 11.1 Å². The van der Waals surface area contributed by atoms with E-state index in [2.05, 4.69) is 0 Å². The molecule has 0 fully saturated rings. The molecule has 1 aromatic carbocycles. The molecule has 0 saturated carbocycles. The number of hydrogen-bond acceptors (Lipinski definition) is 3. The van der Waals surface area contributed by atoms with E-state index >= 15 is 0 Å². The summed E-state index contributed by atoms with van der Waals surface area (Å²) < 4.78 is 35.1. The molecule has 0 radical (unpaired) electrons. The molecule has 1 rings (SSSR count). The first-order valence-electron chi connectivity index (χ1n) is 3.63. The van der Waals surface area contributed by atoms with Gasteiger partial charge in [0.15, 0.2) is 0 Å². The fourth-order valence-electron chi connectivity index (χ4n) is 0.988. The Kier molecular flexibility index (Phi) is 3.55. The van der Waals surface area contributed by atoms with Gasteiger partial charge in [0.05, 0.1) is 22.4 Å². The van der Waals surface area contributed by atoms with Gasteiger partial charge in [-0.2, -0.15) is 5.26 Å². The molecule has 15 heavy (non-hydrogen) atoms. The molecule has 7 heteroatoms. The van der Waals surface area contributed by atoms with Crippen LogP contribution in [0.15, 0.2) is 17.0 Å². The summed E-state index contributed by atoms with van der Waals surface area (Å²) in [6, 6.07) is 3.38. The Labute approximate surface area is 95.5 Å². The minimum Gasteiger partial charge on any atom is -0.207 e. The van der Waals surface area contributed by atoms with E-state index in [1.807, 2.05) is 0 Å². The summed E-state index contributed by atoms with van der Waals surface area (Å²) in [7, 11) is 0.973. The maximum absolute atomic E-state index is 13.3. The fourth-order valence-corrected chi connectivity index (χ4v) is 2.03. The summed E-state index contributed by atoms with van der Waals surface area (Å²) in [5.74, 6) is -1.07. The third-order valence-corrected chi connectivity index (χ3v) is 3.31. The molecule has 0 aromatic heterocycles. The maximum atomic E-state index is 13.3. The van der Waals surface area contributed by atoms with Gasteiger partial charge in [-0.15, -0.1) is 11.6 Å². The van der Waals surface area contributed by atoms with Crippen LogP contribution in [-0.2, 0) is 14.9 Å². The van der Waals surface area contributed by atoms with Crippen molar-refractivity contribution in [2.75, 3.05) is 0 Å². The van der Waals surface area contributed by atoms with Gasteiger partial charge in [0.1, 0.15) is 5.82 Å². The van der Waals surface area contributed by atoms with Gasteiger partial charge in [-0.05, 0) is 12.1 Å². The first kappa shape index (κ1) is 12.2. The molecule has 0 aliphatic rings. The highest BCUT2D eigenvalue weighted by Crippen LogP contribution is 2.23. The Morgan fingerprint density at radius 2 is 2.07 bits per heavy atom. The van der Waals surface area contributed by atoms with Gasteiger partial charge in [0.25, 0.3) is 9.05 Å². The second-order valence-electron chi connectivity index (χ2n) is 2.61. The lowest BCUT2D eigenvalue weighted by Gasteiger charge is -2.03. The molecule has 0 aliphatic heterocycles. The Balaban J connectivity index is 3.55. The molecular weight excluding hydrogens is 264 g/mol. The second-order valence-corrected chi connectivity index (χ2v) is 5.45. The summed E-state index contributed by atoms with van der Waals surface area (Å²) in [6.45, 7) is 0. The van der Waals surface area contributed by atoms with Crippen molar-refractivity contribution in [1.29, 1.82) is 5.26 Å². The van der Waals surface area contributed by atoms with E-state index in [0.29, 0.717) is 0 Å². The molecule has 0 atom stereocenters. The van der Waals surface area contributed by atoms with Crippen molar-refractivity contribution in [3.8, 4) is 6.07 Å². The van der Waals surface area contributed by atoms with Crippen LogP contribution < -0.4 is 0 Å². The highest BCUT2D eigenvalue weighted by Gasteiger charge is 2.16. The van der Waals surface area contributed by atoms with Crippen molar-refractivity contribution in [1.82, 2.24) is 0 Å². The van der Waals surface area contributed by atoms with E-state index in [0.717, 1.165) is 12.1 Å². The molecule has 80 valence electrons. The van der Waals surface area contributed by atoms with Gasteiger partial charge < -0.3 is 0 Å². The Morgan fingerprint density at radius 1 is 1.47 bits per heavy atom. The standard InChI is InChI=1S/C8H4Cl2FNO2S/c9-3-7-5(4-12)1-6(2-8(7)11)15(10,13)14/h1-2H,3H2. The first-order chi connectivity index (χ1) is 6.90. The van der Waals surface area contributed by atoms with Crippen LogP contribution in [0.3, 0.4) is 0 Å². The third kappa shape index (κ3) is 2.59. The van der Waals surface area contributed by atoms with Crippen LogP contribution in [0.4, 0.5) is 4.39 Å². The molecule has 0 spiro atoms. The van der Waals surface area contributed by atoms with Crippen molar-refractivity contribution in [3.63, 3.8) is 0 Å². The zero-order chi connectivity index (χ0) is 11.6. The summed E-state index contributed by atoms with van der Waals surface area (Å²) >= 11 is 5.41. The Bertz CT molecular complexity index is 536. The number of benzene rings is 1. The van der Waals surface area contributed by atoms with Crippen LogP contribution in [-0.4, -0.2) is 8.42 Å². The maximum Gasteiger partial charge on any atom is 0.261 e. The van der Waals surface area contributed by atoms with Crippen LogP contribution in [0, 0.1) is 17.1 Å². The minimum absolute atomic E-state index is 0.0387. The van der Waals surface area contributed by atoms with E-state index in [-0.39, 0.29) is 17.0 Å². The van der Waals surface area contributed by atoms with Crippen molar-refractivity contribution in [2.45, 2.75) is 10.8 Å². The third-order valence-electron chi connectivity index (χ3n) is 1.70. The van der Waals surface area contributed by atoms with E-state index in [9.17, 15) is 12.8 Å². The molecule has 0 saturated heterocycles. The van der Waals surface area contributed by atoms with Gasteiger partial charge in [-0.1, -0.05) is 0 Å². The van der Waals surface area contributed by atoms with Crippen molar-refractivity contribution >= 4 is 31.3 Å². The smallest absolute Gasteiger partial charge is 0.207 e. The number of halogens is 3. The number of rotatable bonds is 2. The number of hydrogen-bond donors (Lipinski definition) is 0. The normalized spacial score (nSPS) is 11.1. The molecule has 0 unspecified atom stereocenters. The van der Waals surface area contributed by atoms with Crippen LogP contribution in [0.25, 0.3) is 0 Å². The Hall–Kier alpha value is -0.830. The molecule has 0 amide bonds. The quantitative estimate of drug-likeness (QED) is 0.611. The van der Waals surface area contributed by atoms with Crippen molar-refractivity contribution < 1.29 is 12.8 Å². The van der Waals surface area contributed by atoms with Crippen molar-refractivity contribution in [2.24, 2.45) is 0 Å². The average molecular weight is 268 g/mol. The predicted molar refractivity (Wildman–Crippen MR) is 53.7 cm³/mol. The topological polar surface area (TPSA) is 57.9 Å². The van der Waals surface area contributed by atoms with E-state index in [1.165, 1.54) is 0 Å². The first-order valence-corrected chi connectivity index (χ1v) is 6.47. The predicted octanol–water partition coefficient (Wildman–Crippen LogP) is 2.36. The molecule has 0 heterocycles. The molecule has 0 N–H and O–H groups in total. The lowest BCUT2D eigenvalue weighted by Crippen LogP contribution is -1.98. The average Bonchev–Trinajstić information content (AvgIpc) is 2.15. The number of nitriles is 1. The van der Waals surface area contributed by atoms with E-state index in [4.69, 9.17) is 27.5 Å². The largest absolute Gasteiger partial charge is 0.261 e. The molecule has 0 bridgehead atoms. The van der Waals surface area contributed by atoms with Gasteiger partial charge in [-0.25, -0.2) is 12.8 Å². The minimum atomic E-state index is -4.04. The molecular formula is C8H4Cl2FNO2S. The molecule has 3 nitrogen and oxygen atoms in total. The monoisotopic (exact) mass is 267 g/mol. The molecule has 0 aliphatic carbocycles. The fraction of sp³-hybridized carbons (Fsp3) is 0.125. The summed E-state index contributed by atoms with van der Waals surface area (Å²) in [6.07, 6.45) is 0. The lowest BCUT2D eigenvalue weighted by molar-refractivity contribution is 0.598. The summed E-state index contributed by atoms with van der Waals surface area (Å²) in [5, 5.41) is 8.65. The van der Waals surface area contributed by atoms with Crippen molar-refractivity contribution in [3.05, 3.63) is 29.1 Å². The van der Waals surface area contributed by atoms with Crippen LogP contribution in [0.2, 0.25) is 0 Å². The Morgan fingerprint density at radius 3 is 2.47 bits per heavy atom.